The van der Waals surface area contributed by atoms with E-state index in [0.29, 0.717) is 35.5 Å². The molecule has 0 spiro atoms. The largest absolute Gasteiger partial charge is 0.0805 e. The molecule has 2 aromatic carbocycles. The second-order valence-electron chi connectivity index (χ2n) is 13.6. The van der Waals surface area contributed by atoms with E-state index < -0.39 is 0 Å². The molecule has 0 radical (unpaired) electrons. The highest BCUT2D eigenvalue weighted by molar-refractivity contribution is 5.46. The topological polar surface area (TPSA) is 0 Å². The average Bonchev–Trinajstić information content (AvgIpc) is 3.79. The van der Waals surface area contributed by atoms with Crippen LogP contribution in [0.3, 0.4) is 0 Å². The van der Waals surface area contributed by atoms with Crippen LogP contribution >= 0.6 is 0 Å². The molecular weight excluding hydrogens is 456 g/mol. The molecule has 8 rings (SSSR count). The van der Waals surface area contributed by atoms with E-state index in [4.69, 9.17) is 0 Å². The van der Waals surface area contributed by atoms with Crippen LogP contribution in [-0.2, 0) is 5.41 Å². The predicted molar refractivity (Wildman–Crippen MR) is 157 cm³/mol. The van der Waals surface area contributed by atoms with Gasteiger partial charge in [0, 0.05) is 5.41 Å². The predicted octanol–water partition coefficient (Wildman–Crippen LogP) is 9.17. The van der Waals surface area contributed by atoms with Gasteiger partial charge in [-0.3, -0.25) is 0 Å². The molecule has 4 fully saturated rings. The van der Waals surface area contributed by atoms with Crippen molar-refractivity contribution in [3.05, 3.63) is 120 Å². The minimum Gasteiger partial charge on any atom is -0.0805 e. The van der Waals surface area contributed by atoms with Crippen LogP contribution in [0.1, 0.15) is 56.1 Å². The van der Waals surface area contributed by atoms with Crippen molar-refractivity contribution < 1.29 is 0 Å². The maximum atomic E-state index is 2.60. The third-order valence-electron chi connectivity index (χ3n) is 12.3. The number of rotatable bonds is 5. The van der Waals surface area contributed by atoms with Crippen molar-refractivity contribution in [3.8, 4) is 0 Å². The summed E-state index contributed by atoms with van der Waals surface area (Å²) >= 11 is 0. The first-order valence-corrected chi connectivity index (χ1v) is 15.6. The van der Waals surface area contributed by atoms with Crippen molar-refractivity contribution in [1.29, 1.82) is 0 Å². The lowest BCUT2D eigenvalue weighted by molar-refractivity contribution is 0.146. The van der Waals surface area contributed by atoms with Crippen molar-refractivity contribution in [3.63, 3.8) is 0 Å². The molecule has 4 saturated carbocycles. The SMILES string of the molecule is C1=CC2C(C(c3ccccc3)(c3ccccc3)C3CC[C@@H](C4CC5CCC4C5)C3)C3C=CC=C[C@@H]3[C@@H]2C=C1. The molecule has 7 unspecified atom stereocenters. The van der Waals surface area contributed by atoms with E-state index in [1.165, 1.54) is 38.5 Å². The van der Waals surface area contributed by atoms with Gasteiger partial charge in [-0.05, 0) is 109 Å². The van der Waals surface area contributed by atoms with Gasteiger partial charge in [-0.2, -0.15) is 0 Å². The summed E-state index contributed by atoms with van der Waals surface area (Å²) in [6, 6.07) is 23.7. The van der Waals surface area contributed by atoms with Crippen LogP contribution in [0.25, 0.3) is 0 Å². The number of allylic oxidation sites excluding steroid dienone is 8. The van der Waals surface area contributed by atoms with Gasteiger partial charge in [-0.1, -0.05) is 116 Å². The maximum Gasteiger partial charge on any atom is 0.0270 e. The summed E-state index contributed by atoms with van der Waals surface area (Å²) in [4.78, 5) is 0. The average molecular weight is 499 g/mol. The summed E-state index contributed by atoms with van der Waals surface area (Å²) in [5.41, 5.74) is 3.17. The summed E-state index contributed by atoms with van der Waals surface area (Å²) in [6.07, 6.45) is 30.0. The monoisotopic (exact) mass is 498 g/mol. The van der Waals surface area contributed by atoms with Gasteiger partial charge in [-0.15, -0.1) is 0 Å². The third kappa shape index (κ3) is 3.41. The Labute approximate surface area is 229 Å². The molecule has 2 aromatic rings. The molecule has 2 bridgehead atoms. The van der Waals surface area contributed by atoms with Crippen LogP contribution in [-0.4, -0.2) is 0 Å². The van der Waals surface area contributed by atoms with E-state index >= 15 is 0 Å². The third-order valence-corrected chi connectivity index (χ3v) is 12.3. The molecule has 194 valence electrons. The first kappa shape index (κ1) is 23.3. The summed E-state index contributed by atoms with van der Waals surface area (Å²) in [6.45, 7) is 0. The van der Waals surface area contributed by atoms with Crippen molar-refractivity contribution >= 4 is 0 Å². The van der Waals surface area contributed by atoms with Crippen molar-refractivity contribution in [2.24, 2.45) is 59.2 Å². The normalized spacial score (nSPS) is 40.5. The Morgan fingerprint density at radius 2 is 1.03 bits per heavy atom. The molecule has 0 heteroatoms. The second-order valence-corrected chi connectivity index (χ2v) is 13.6. The van der Waals surface area contributed by atoms with Crippen LogP contribution < -0.4 is 0 Å². The molecule has 0 N–H and O–H groups in total. The molecule has 6 aliphatic rings. The highest BCUT2D eigenvalue weighted by Gasteiger charge is 2.61. The Bertz CT molecular complexity index is 1190. The molecule has 0 aliphatic heterocycles. The van der Waals surface area contributed by atoms with Gasteiger partial charge in [0.05, 0.1) is 0 Å². The lowest BCUT2D eigenvalue weighted by Crippen LogP contribution is -2.47. The summed E-state index contributed by atoms with van der Waals surface area (Å²) in [5.74, 6) is 7.62. The van der Waals surface area contributed by atoms with E-state index in [9.17, 15) is 0 Å². The van der Waals surface area contributed by atoms with Gasteiger partial charge in [0.2, 0.25) is 0 Å². The Morgan fingerprint density at radius 3 is 1.55 bits per heavy atom. The van der Waals surface area contributed by atoms with E-state index in [2.05, 4.69) is 109 Å². The van der Waals surface area contributed by atoms with Gasteiger partial charge in [0.15, 0.2) is 0 Å². The second kappa shape index (κ2) is 9.25. The number of fused-ring (bicyclic) bond motifs is 5. The molecule has 0 saturated heterocycles. The molecule has 10 atom stereocenters. The van der Waals surface area contributed by atoms with Gasteiger partial charge in [-0.25, -0.2) is 0 Å². The maximum absolute atomic E-state index is 2.60. The lowest BCUT2D eigenvalue weighted by atomic mass is 9.53. The zero-order valence-electron chi connectivity index (χ0n) is 22.6. The quantitative estimate of drug-likeness (QED) is 0.385. The summed E-state index contributed by atoms with van der Waals surface area (Å²) < 4.78 is 0. The van der Waals surface area contributed by atoms with E-state index in [1.54, 1.807) is 17.5 Å². The lowest BCUT2D eigenvalue weighted by Gasteiger charge is -2.50. The summed E-state index contributed by atoms with van der Waals surface area (Å²) in [5, 5.41) is 0. The van der Waals surface area contributed by atoms with Crippen LogP contribution in [0.2, 0.25) is 0 Å². The Morgan fingerprint density at radius 1 is 0.500 bits per heavy atom. The van der Waals surface area contributed by atoms with Crippen LogP contribution in [0, 0.1) is 59.2 Å². The molecular formula is C38H42. The van der Waals surface area contributed by atoms with Gasteiger partial charge < -0.3 is 0 Å². The standard InChI is InChI=1S/C38H42/c1-3-11-29(12-4-1)38(30-13-5-2-6-14-30,31-22-21-28(25-31)36-24-26-19-20-27(36)23-26)37-34-17-9-7-15-32(34)33-16-8-10-18-35(33)37/h1-18,26-28,31-37H,19-25H2/t26?,27?,28-,31?,32-,33+,34?,35?,36?,37?/m1/s1. The van der Waals surface area contributed by atoms with Crippen LogP contribution in [0.15, 0.2) is 109 Å². The molecule has 0 nitrogen and oxygen atoms in total. The smallest absolute Gasteiger partial charge is 0.0270 e. The summed E-state index contributed by atoms with van der Waals surface area (Å²) in [7, 11) is 0. The Kier molecular flexibility index (Phi) is 5.67. The van der Waals surface area contributed by atoms with Crippen LogP contribution in [0.5, 0.6) is 0 Å². The van der Waals surface area contributed by atoms with Crippen molar-refractivity contribution in [1.82, 2.24) is 0 Å². The fourth-order valence-electron chi connectivity index (χ4n) is 11.0. The Balaban J connectivity index is 1.30. The van der Waals surface area contributed by atoms with Gasteiger partial charge in [0.25, 0.3) is 0 Å². The Hall–Kier alpha value is -2.60. The molecule has 6 aliphatic carbocycles. The molecule has 0 amide bonds. The van der Waals surface area contributed by atoms with E-state index in [0.717, 1.165) is 23.7 Å². The minimum absolute atomic E-state index is 0.0300. The highest BCUT2D eigenvalue weighted by atomic mass is 14.6. The van der Waals surface area contributed by atoms with Gasteiger partial charge in [0.1, 0.15) is 0 Å². The molecule has 0 heterocycles. The number of hydrogen-bond donors (Lipinski definition) is 0. The fraction of sp³-hybridized carbons (Fsp3) is 0.474. The number of hydrogen-bond acceptors (Lipinski definition) is 0. The molecule has 0 aromatic heterocycles. The first-order valence-electron chi connectivity index (χ1n) is 15.6. The van der Waals surface area contributed by atoms with Crippen LogP contribution in [0.4, 0.5) is 0 Å². The van der Waals surface area contributed by atoms with E-state index in [1.807, 2.05) is 0 Å². The van der Waals surface area contributed by atoms with Crippen molar-refractivity contribution in [2.45, 2.75) is 50.4 Å². The molecule has 38 heavy (non-hydrogen) atoms. The highest BCUT2D eigenvalue weighted by Crippen LogP contribution is 2.65. The first-order chi connectivity index (χ1) is 18.8. The fourth-order valence-corrected chi connectivity index (χ4v) is 11.0. The van der Waals surface area contributed by atoms with Gasteiger partial charge >= 0.3 is 0 Å². The van der Waals surface area contributed by atoms with Crippen molar-refractivity contribution in [2.75, 3.05) is 0 Å². The van der Waals surface area contributed by atoms with E-state index in [-0.39, 0.29) is 5.41 Å². The number of benzene rings is 2. The zero-order valence-corrected chi connectivity index (χ0v) is 22.6. The minimum atomic E-state index is 0.0300. The zero-order chi connectivity index (χ0) is 25.1.